The highest BCUT2D eigenvalue weighted by molar-refractivity contribution is 5.69. The topological polar surface area (TPSA) is 67.4 Å². The second-order valence-corrected chi connectivity index (χ2v) is 3.12. The molecule has 1 aromatic heterocycles. The number of nitrogens with one attached hydrogen (secondary N) is 1. The van der Waals surface area contributed by atoms with Crippen LogP contribution in [0.25, 0.3) is 0 Å². The van der Waals surface area contributed by atoms with Gasteiger partial charge in [-0.3, -0.25) is 4.79 Å². The zero-order chi connectivity index (χ0) is 10.5. The van der Waals surface area contributed by atoms with Gasteiger partial charge in [-0.05, 0) is 0 Å². The number of aromatic nitrogens is 2. The summed E-state index contributed by atoms with van der Waals surface area (Å²) in [5.41, 5.74) is 0. The number of carbonyl (C=O) groups excluding carboxylic acids is 1. The van der Waals surface area contributed by atoms with E-state index in [9.17, 15) is 4.79 Å². The van der Waals surface area contributed by atoms with Crippen LogP contribution in [-0.4, -0.2) is 42.7 Å². The summed E-state index contributed by atoms with van der Waals surface area (Å²) in [5, 5.41) is 2.50. The Labute approximate surface area is 87.3 Å². The first-order valence-electron chi connectivity index (χ1n) is 4.75. The van der Waals surface area contributed by atoms with Crippen LogP contribution in [-0.2, 0) is 9.53 Å². The molecule has 2 heterocycles. The average molecular weight is 208 g/mol. The molecule has 2 rings (SSSR count). The van der Waals surface area contributed by atoms with Crippen LogP contribution in [0, 0.1) is 0 Å². The normalized spacial score (nSPS) is 16.1. The molecule has 0 unspecified atom stereocenters. The van der Waals surface area contributed by atoms with Crippen LogP contribution in [0.1, 0.15) is 0 Å². The molecule has 1 aliphatic rings. The van der Waals surface area contributed by atoms with Crippen molar-refractivity contribution in [1.82, 2.24) is 9.97 Å². The monoisotopic (exact) mass is 208 g/mol. The molecule has 0 aliphatic carbocycles. The molecule has 0 saturated carbocycles. The van der Waals surface area contributed by atoms with Crippen molar-refractivity contribution in [3.63, 3.8) is 0 Å². The molecular formula is C9H12N4O2. The van der Waals surface area contributed by atoms with Crippen LogP contribution < -0.4 is 10.2 Å². The van der Waals surface area contributed by atoms with E-state index in [0.29, 0.717) is 25.4 Å². The third kappa shape index (κ3) is 2.41. The van der Waals surface area contributed by atoms with E-state index >= 15 is 0 Å². The maximum absolute atomic E-state index is 10.3. The Kier molecular flexibility index (Phi) is 3.08. The molecule has 0 radical (unpaired) electrons. The van der Waals surface area contributed by atoms with Crippen molar-refractivity contribution >= 4 is 18.0 Å². The Morgan fingerprint density at radius 1 is 1.40 bits per heavy atom. The second kappa shape index (κ2) is 4.70. The fourth-order valence-corrected chi connectivity index (χ4v) is 1.45. The molecule has 0 bridgehead atoms. The number of hydrogen-bond donors (Lipinski definition) is 1. The average Bonchev–Trinajstić information content (AvgIpc) is 2.31. The van der Waals surface area contributed by atoms with Crippen molar-refractivity contribution in [2.24, 2.45) is 0 Å². The van der Waals surface area contributed by atoms with Gasteiger partial charge in [0.25, 0.3) is 0 Å². The van der Waals surface area contributed by atoms with E-state index in [1.165, 1.54) is 6.33 Å². The van der Waals surface area contributed by atoms with Gasteiger partial charge in [-0.2, -0.15) is 0 Å². The van der Waals surface area contributed by atoms with E-state index in [0.717, 1.165) is 18.9 Å². The van der Waals surface area contributed by atoms with Gasteiger partial charge in [0.15, 0.2) is 0 Å². The van der Waals surface area contributed by atoms with Crippen molar-refractivity contribution in [2.45, 2.75) is 0 Å². The van der Waals surface area contributed by atoms with E-state index in [4.69, 9.17) is 4.74 Å². The zero-order valence-electron chi connectivity index (χ0n) is 8.22. The quantitative estimate of drug-likeness (QED) is 0.701. The van der Waals surface area contributed by atoms with Crippen molar-refractivity contribution in [2.75, 3.05) is 36.5 Å². The molecule has 1 N–H and O–H groups in total. The summed E-state index contributed by atoms with van der Waals surface area (Å²) in [6.07, 6.45) is 2.04. The number of carbonyl (C=O) groups is 1. The second-order valence-electron chi connectivity index (χ2n) is 3.12. The van der Waals surface area contributed by atoms with Gasteiger partial charge in [0.05, 0.1) is 13.2 Å². The minimum absolute atomic E-state index is 0.515. The van der Waals surface area contributed by atoms with Gasteiger partial charge >= 0.3 is 0 Å². The van der Waals surface area contributed by atoms with E-state index in [1.807, 2.05) is 0 Å². The van der Waals surface area contributed by atoms with Crippen LogP contribution in [0.15, 0.2) is 12.4 Å². The summed E-state index contributed by atoms with van der Waals surface area (Å²) in [5.74, 6) is 1.33. The zero-order valence-corrected chi connectivity index (χ0v) is 8.22. The fraction of sp³-hybridized carbons (Fsp3) is 0.444. The maximum Gasteiger partial charge on any atom is 0.212 e. The number of hydrogen-bond acceptors (Lipinski definition) is 5. The Morgan fingerprint density at radius 2 is 2.20 bits per heavy atom. The summed E-state index contributed by atoms with van der Waals surface area (Å²) in [6, 6.07) is 1.75. The van der Waals surface area contributed by atoms with Crippen LogP contribution in [0.4, 0.5) is 11.6 Å². The highest BCUT2D eigenvalue weighted by atomic mass is 16.5. The van der Waals surface area contributed by atoms with E-state index in [1.54, 1.807) is 6.07 Å². The minimum atomic E-state index is 0.515. The Balaban J connectivity index is 2.12. The van der Waals surface area contributed by atoms with Gasteiger partial charge in [0.2, 0.25) is 6.41 Å². The fourth-order valence-electron chi connectivity index (χ4n) is 1.45. The number of amides is 1. The summed E-state index contributed by atoms with van der Waals surface area (Å²) >= 11 is 0. The predicted molar refractivity (Wildman–Crippen MR) is 54.8 cm³/mol. The predicted octanol–water partition coefficient (Wildman–Crippen LogP) is -0.119. The van der Waals surface area contributed by atoms with Gasteiger partial charge in [0.1, 0.15) is 18.0 Å². The van der Waals surface area contributed by atoms with Crippen LogP contribution >= 0.6 is 0 Å². The largest absolute Gasteiger partial charge is 0.378 e. The molecule has 15 heavy (non-hydrogen) atoms. The Morgan fingerprint density at radius 3 is 2.93 bits per heavy atom. The Bertz CT molecular complexity index is 339. The summed E-state index contributed by atoms with van der Waals surface area (Å²) in [4.78, 5) is 20.4. The van der Waals surface area contributed by atoms with E-state index in [-0.39, 0.29) is 0 Å². The molecule has 80 valence electrons. The first-order chi connectivity index (χ1) is 7.40. The van der Waals surface area contributed by atoms with Crippen molar-refractivity contribution in [1.29, 1.82) is 0 Å². The van der Waals surface area contributed by atoms with Gasteiger partial charge in [-0.1, -0.05) is 0 Å². The summed E-state index contributed by atoms with van der Waals surface area (Å²) in [6.45, 7) is 3.05. The van der Waals surface area contributed by atoms with Gasteiger partial charge in [-0.15, -0.1) is 0 Å². The first kappa shape index (κ1) is 9.85. The molecule has 0 atom stereocenters. The van der Waals surface area contributed by atoms with Gasteiger partial charge < -0.3 is 15.0 Å². The molecule has 6 heteroatoms. The SMILES string of the molecule is O=CNc1cc(N2CCOCC2)ncn1. The molecule has 1 saturated heterocycles. The lowest BCUT2D eigenvalue weighted by molar-refractivity contribution is -0.105. The van der Waals surface area contributed by atoms with Crippen LogP contribution in [0.3, 0.4) is 0 Å². The number of ether oxygens (including phenoxy) is 1. The van der Waals surface area contributed by atoms with Crippen molar-refractivity contribution < 1.29 is 9.53 Å². The third-order valence-corrected chi connectivity index (χ3v) is 2.19. The lowest BCUT2D eigenvalue weighted by Crippen LogP contribution is -2.36. The minimum Gasteiger partial charge on any atom is -0.378 e. The van der Waals surface area contributed by atoms with Crippen molar-refractivity contribution in [3.8, 4) is 0 Å². The smallest absolute Gasteiger partial charge is 0.212 e. The number of nitrogens with zero attached hydrogens (tertiary/aromatic N) is 3. The molecule has 0 spiro atoms. The standard InChI is InChI=1S/C9H12N4O2/c14-7-12-8-5-9(11-6-10-8)13-1-3-15-4-2-13/h5-7H,1-4H2,(H,10,11,12,14). The highest BCUT2D eigenvalue weighted by Crippen LogP contribution is 2.14. The molecule has 1 amide bonds. The third-order valence-electron chi connectivity index (χ3n) is 2.19. The van der Waals surface area contributed by atoms with E-state index < -0.39 is 0 Å². The summed E-state index contributed by atoms with van der Waals surface area (Å²) in [7, 11) is 0. The van der Waals surface area contributed by atoms with Gasteiger partial charge in [0, 0.05) is 19.2 Å². The number of anilines is 2. The molecule has 6 nitrogen and oxygen atoms in total. The number of morpholine rings is 1. The molecule has 0 aromatic carbocycles. The van der Waals surface area contributed by atoms with Crippen molar-refractivity contribution in [3.05, 3.63) is 12.4 Å². The maximum atomic E-state index is 10.3. The lowest BCUT2D eigenvalue weighted by atomic mass is 10.4. The first-order valence-corrected chi connectivity index (χ1v) is 4.75. The van der Waals surface area contributed by atoms with E-state index in [2.05, 4.69) is 20.2 Å². The van der Waals surface area contributed by atoms with Gasteiger partial charge in [-0.25, -0.2) is 9.97 Å². The summed E-state index contributed by atoms with van der Waals surface area (Å²) < 4.78 is 5.24. The van der Waals surface area contributed by atoms with Crippen LogP contribution in [0.5, 0.6) is 0 Å². The highest BCUT2D eigenvalue weighted by Gasteiger charge is 2.12. The Hall–Kier alpha value is -1.69. The molecule has 1 fully saturated rings. The molecule has 1 aromatic rings. The molecule has 1 aliphatic heterocycles. The lowest BCUT2D eigenvalue weighted by Gasteiger charge is -2.27. The number of rotatable bonds is 3. The van der Waals surface area contributed by atoms with Crippen LogP contribution in [0.2, 0.25) is 0 Å². The molecular weight excluding hydrogens is 196 g/mol.